The lowest BCUT2D eigenvalue weighted by Crippen LogP contribution is -2.34. The Morgan fingerprint density at radius 3 is 2.95 bits per heavy atom. The van der Waals surface area contributed by atoms with E-state index >= 15 is 0 Å². The van der Waals surface area contributed by atoms with Crippen LogP contribution in [0.1, 0.15) is 18.0 Å². The molecule has 1 unspecified atom stereocenters. The molecule has 0 aliphatic carbocycles. The Balaban J connectivity index is 2.71. The first-order valence-corrected chi connectivity index (χ1v) is 6.72. The van der Waals surface area contributed by atoms with Crippen LogP contribution in [-0.4, -0.2) is 19.0 Å². The van der Waals surface area contributed by atoms with Crippen molar-refractivity contribution in [1.82, 2.24) is 5.32 Å². The average molecular weight is 347 g/mol. The molecule has 0 bridgehead atoms. The van der Waals surface area contributed by atoms with Gasteiger partial charge < -0.3 is 11.1 Å². The van der Waals surface area contributed by atoms with Crippen LogP contribution in [0.25, 0.3) is 10.4 Å². The second kappa shape index (κ2) is 8.01. The Hall–Kier alpha value is -1.27. The number of nitrogens with two attached hydrogens (primary N) is 1. The number of nitrogens with zero attached hydrogens (tertiary/aromatic N) is 3. The molecule has 0 aromatic heterocycles. The lowest BCUT2D eigenvalue weighted by atomic mass is 10.1. The highest BCUT2D eigenvalue weighted by Gasteiger charge is 2.19. The Bertz CT molecular complexity index is 504. The molecule has 0 aliphatic heterocycles. The van der Waals surface area contributed by atoms with E-state index < -0.39 is 11.9 Å². The van der Waals surface area contributed by atoms with E-state index in [4.69, 9.17) is 22.9 Å². The topological polar surface area (TPSA) is 104 Å². The first-order chi connectivity index (χ1) is 9.06. The summed E-state index contributed by atoms with van der Waals surface area (Å²) in [6, 6.07) is 4.57. The summed E-state index contributed by atoms with van der Waals surface area (Å²) in [4.78, 5) is 14.1. The highest BCUT2D eigenvalue weighted by Crippen LogP contribution is 2.26. The molecule has 1 amide bonds. The molecular formula is C11H13BrClN5O. The number of hydrogen-bond acceptors (Lipinski definition) is 3. The summed E-state index contributed by atoms with van der Waals surface area (Å²) in [6.07, 6.45) is 0.613. The molecule has 102 valence electrons. The summed E-state index contributed by atoms with van der Waals surface area (Å²) >= 11 is 9.38. The van der Waals surface area contributed by atoms with Gasteiger partial charge in [-0.15, -0.1) is 0 Å². The van der Waals surface area contributed by atoms with Crippen LogP contribution in [0.2, 0.25) is 5.02 Å². The van der Waals surface area contributed by atoms with E-state index in [0.717, 1.165) is 4.47 Å². The molecule has 0 radical (unpaired) electrons. The zero-order valence-electron chi connectivity index (χ0n) is 10.0. The minimum absolute atomic E-state index is 0.364. The Labute approximate surface area is 124 Å². The first kappa shape index (κ1) is 15.8. The van der Waals surface area contributed by atoms with E-state index in [9.17, 15) is 4.79 Å². The van der Waals surface area contributed by atoms with Gasteiger partial charge in [-0.05, 0) is 36.2 Å². The van der Waals surface area contributed by atoms with Gasteiger partial charge in [0.1, 0.15) is 6.04 Å². The largest absolute Gasteiger partial charge is 0.368 e. The Kier molecular flexibility index (Phi) is 6.66. The fraction of sp³-hybridized carbons (Fsp3) is 0.364. The quantitative estimate of drug-likeness (QED) is 0.343. The third-order valence-electron chi connectivity index (χ3n) is 2.40. The highest BCUT2D eigenvalue weighted by atomic mass is 79.9. The van der Waals surface area contributed by atoms with E-state index in [1.165, 1.54) is 0 Å². The van der Waals surface area contributed by atoms with Gasteiger partial charge in [0.15, 0.2) is 0 Å². The maximum absolute atomic E-state index is 11.5. The Morgan fingerprint density at radius 2 is 2.37 bits per heavy atom. The average Bonchev–Trinajstić information content (AvgIpc) is 2.35. The van der Waals surface area contributed by atoms with Gasteiger partial charge in [-0.2, -0.15) is 0 Å². The highest BCUT2D eigenvalue weighted by molar-refractivity contribution is 9.10. The smallest absolute Gasteiger partial charge is 0.239 e. The number of carbonyl (C=O) groups excluding carboxylic acids is 1. The number of amides is 1. The molecule has 0 aliphatic rings. The van der Waals surface area contributed by atoms with Crippen molar-refractivity contribution in [3.8, 4) is 0 Å². The van der Waals surface area contributed by atoms with Crippen LogP contribution in [0.5, 0.6) is 0 Å². The lowest BCUT2D eigenvalue weighted by molar-refractivity contribution is -0.120. The van der Waals surface area contributed by atoms with Crippen LogP contribution >= 0.6 is 27.5 Å². The predicted octanol–water partition coefficient (Wildman–Crippen LogP) is 2.92. The molecule has 0 heterocycles. The molecule has 0 saturated heterocycles. The molecule has 6 nitrogen and oxygen atoms in total. The van der Waals surface area contributed by atoms with E-state index in [0.29, 0.717) is 30.1 Å². The minimum Gasteiger partial charge on any atom is -0.368 e. The van der Waals surface area contributed by atoms with Crippen molar-refractivity contribution in [3.05, 3.63) is 43.7 Å². The van der Waals surface area contributed by atoms with Gasteiger partial charge in [-0.1, -0.05) is 38.7 Å². The van der Waals surface area contributed by atoms with Crippen LogP contribution < -0.4 is 11.1 Å². The van der Waals surface area contributed by atoms with Gasteiger partial charge in [0.25, 0.3) is 0 Å². The second-order valence-corrected chi connectivity index (χ2v) is 5.09. The maximum Gasteiger partial charge on any atom is 0.239 e. The summed E-state index contributed by atoms with van der Waals surface area (Å²) in [5.74, 6) is -0.506. The second-order valence-electron chi connectivity index (χ2n) is 3.76. The first-order valence-electron chi connectivity index (χ1n) is 5.54. The van der Waals surface area contributed by atoms with Crippen molar-refractivity contribution in [2.24, 2.45) is 10.8 Å². The number of rotatable bonds is 7. The number of benzene rings is 1. The molecule has 1 atom stereocenters. The number of carbonyl (C=O) groups is 1. The summed E-state index contributed by atoms with van der Waals surface area (Å²) < 4.78 is 0.827. The monoisotopic (exact) mass is 345 g/mol. The van der Waals surface area contributed by atoms with Crippen molar-refractivity contribution < 1.29 is 4.79 Å². The molecule has 3 N–H and O–H groups in total. The van der Waals surface area contributed by atoms with Crippen molar-refractivity contribution in [3.63, 3.8) is 0 Å². The van der Waals surface area contributed by atoms with Gasteiger partial charge in [0, 0.05) is 21.0 Å². The molecule has 0 saturated carbocycles. The fourth-order valence-electron chi connectivity index (χ4n) is 1.54. The van der Waals surface area contributed by atoms with Crippen LogP contribution in [0.4, 0.5) is 0 Å². The number of azide groups is 1. The normalized spacial score (nSPS) is 11.7. The SMILES string of the molecule is [N-]=[N+]=NCCCNC(C(N)=O)c1ccc(Br)cc1Cl. The van der Waals surface area contributed by atoms with Crippen LogP contribution in [0, 0.1) is 0 Å². The zero-order chi connectivity index (χ0) is 14.3. The molecule has 1 aromatic rings. The van der Waals surface area contributed by atoms with E-state index in [2.05, 4.69) is 31.3 Å². The Morgan fingerprint density at radius 1 is 1.63 bits per heavy atom. The number of nitrogens with one attached hydrogen (secondary N) is 1. The maximum atomic E-state index is 11.5. The summed E-state index contributed by atoms with van der Waals surface area (Å²) in [5.41, 5.74) is 14.1. The lowest BCUT2D eigenvalue weighted by Gasteiger charge is -2.17. The van der Waals surface area contributed by atoms with Gasteiger partial charge >= 0.3 is 0 Å². The molecule has 8 heteroatoms. The van der Waals surface area contributed by atoms with Gasteiger partial charge in [-0.25, -0.2) is 0 Å². The molecule has 19 heavy (non-hydrogen) atoms. The number of primary amides is 1. The van der Waals surface area contributed by atoms with Crippen LogP contribution in [-0.2, 0) is 4.79 Å². The van der Waals surface area contributed by atoms with E-state index in [-0.39, 0.29) is 0 Å². The van der Waals surface area contributed by atoms with Crippen molar-refractivity contribution in [2.45, 2.75) is 12.5 Å². The summed E-state index contributed by atoms with van der Waals surface area (Å²) in [5, 5.41) is 6.86. The number of halogens is 2. The van der Waals surface area contributed by atoms with Gasteiger partial charge in [-0.3, -0.25) is 4.79 Å². The van der Waals surface area contributed by atoms with Gasteiger partial charge in [0.2, 0.25) is 5.91 Å². The van der Waals surface area contributed by atoms with Gasteiger partial charge in [0.05, 0.1) is 0 Å². The summed E-state index contributed by atoms with van der Waals surface area (Å²) in [6.45, 7) is 0.863. The minimum atomic E-state index is -0.660. The molecular weight excluding hydrogens is 334 g/mol. The fourth-order valence-corrected chi connectivity index (χ4v) is 2.32. The third kappa shape index (κ3) is 5.08. The van der Waals surface area contributed by atoms with Crippen molar-refractivity contribution in [2.75, 3.05) is 13.1 Å². The van der Waals surface area contributed by atoms with Crippen LogP contribution in [0.3, 0.4) is 0 Å². The third-order valence-corrected chi connectivity index (χ3v) is 3.23. The van der Waals surface area contributed by atoms with Crippen LogP contribution in [0.15, 0.2) is 27.8 Å². The van der Waals surface area contributed by atoms with E-state index in [1.54, 1.807) is 18.2 Å². The standard InChI is InChI=1S/C11H13BrClN5O/c12-7-2-3-8(9(13)6-7)10(11(14)19)16-4-1-5-17-18-15/h2-3,6,10,16H,1,4-5H2,(H2,14,19). The van der Waals surface area contributed by atoms with Crippen molar-refractivity contribution in [1.29, 1.82) is 0 Å². The summed E-state index contributed by atoms with van der Waals surface area (Å²) in [7, 11) is 0. The molecule has 0 spiro atoms. The molecule has 1 rings (SSSR count). The predicted molar refractivity (Wildman–Crippen MR) is 77.7 cm³/mol. The zero-order valence-corrected chi connectivity index (χ0v) is 12.4. The number of hydrogen-bond donors (Lipinski definition) is 2. The van der Waals surface area contributed by atoms with E-state index in [1.807, 2.05) is 0 Å². The molecule has 0 fully saturated rings. The van der Waals surface area contributed by atoms with Crippen molar-refractivity contribution >= 4 is 33.4 Å². The molecule has 1 aromatic carbocycles.